The predicted octanol–water partition coefficient (Wildman–Crippen LogP) is 2.88. The minimum absolute atomic E-state index is 0.0219. The third-order valence-electron chi connectivity index (χ3n) is 5.55. The third-order valence-corrected chi connectivity index (χ3v) is 5.55. The Labute approximate surface area is 183 Å². The first-order valence-corrected chi connectivity index (χ1v) is 10.5. The van der Waals surface area contributed by atoms with Gasteiger partial charge in [-0.15, -0.1) is 0 Å². The standard InChI is InChI=1S/C24H30N2O5/c1-17-7-6-10-20(18(17)2)31-16-24(28)26-13-11-19(12-14-26)25-23(27)15-30-22-9-5-4-8-21(22)29-3/h4-10,19H,11-16H2,1-3H3,(H,25,27). The van der Waals surface area contributed by atoms with Gasteiger partial charge in [0.2, 0.25) is 0 Å². The van der Waals surface area contributed by atoms with Gasteiger partial charge < -0.3 is 24.4 Å². The first-order chi connectivity index (χ1) is 15.0. The van der Waals surface area contributed by atoms with Crippen LogP contribution in [0.5, 0.6) is 17.2 Å². The summed E-state index contributed by atoms with van der Waals surface area (Å²) in [5.41, 5.74) is 2.18. The zero-order valence-corrected chi connectivity index (χ0v) is 18.3. The summed E-state index contributed by atoms with van der Waals surface area (Å²) in [6, 6.07) is 13.1. The van der Waals surface area contributed by atoms with E-state index in [1.165, 1.54) is 0 Å². The molecule has 166 valence electrons. The first-order valence-electron chi connectivity index (χ1n) is 10.5. The van der Waals surface area contributed by atoms with Crippen LogP contribution in [0.1, 0.15) is 24.0 Å². The van der Waals surface area contributed by atoms with Gasteiger partial charge in [-0.25, -0.2) is 0 Å². The molecule has 7 heteroatoms. The largest absolute Gasteiger partial charge is 0.493 e. The molecule has 2 aromatic rings. The van der Waals surface area contributed by atoms with Crippen LogP contribution in [0.25, 0.3) is 0 Å². The number of carbonyl (C=O) groups excluding carboxylic acids is 2. The molecule has 31 heavy (non-hydrogen) atoms. The molecule has 1 aliphatic heterocycles. The number of hydrogen-bond acceptors (Lipinski definition) is 5. The number of nitrogens with zero attached hydrogens (tertiary/aromatic N) is 1. The molecule has 0 radical (unpaired) electrons. The van der Waals surface area contributed by atoms with Crippen LogP contribution in [-0.2, 0) is 9.59 Å². The van der Waals surface area contributed by atoms with Gasteiger partial charge in [0, 0.05) is 19.1 Å². The van der Waals surface area contributed by atoms with Gasteiger partial charge in [0.25, 0.3) is 11.8 Å². The number of para-hydroxylation sites is 2. The lowest BCUT2D eigenvalue weighted by atomic mass is 10.0. The molecule has 1 aliphatic rings. The number of aryl methyl sites for hydroxylation is 1. The van der Waals surface area contributed by atoms with Crippen molar-refractivity contribution >= 4 is 11.8 Å². The summed E-state index contributed by atoms with van der Waals surface area (Å²) in [7, 11) is 1.56. The molecule has 2 aromatic carbocycles. The van der Waals surface area contributed by atoms with Crippen molar-refractivity contribution in [2.24, 2.45) is 0 Å². The number of benzene rings is 2. The highest BCUT2D eigenvalue weighted by molar-refractivity contribution is 5.79. The number of methoxy groups -OCH3 is 1. The lowest BCUT2D eigenvalue weighted by molar-refractivity contribution is -0.134. The van der Waals surface area contributed by atoms with Crippen LogP contribution in [0.2, 0.25) is 0 Å². The normalized spacial score (nSPS) is 14.1. The molecule has 0 spiro atoms. The number of nitrogens with one attached hydrogen (secondary N) is 1. The zero-order chi connectivity index (χ0) is 22.2. The number of carbonyl (C=O) groups is 2. The van der Waals surface area contributed by atoms with E-state index in [1.807, 2.05) is 44.2 Å². The van der Waals surface area contributed by atoms with Crippen molar-refractivity contribution in [1.82, 2.24) is 10.2 Å². The highest BCUT2D eigenvalue weighted by Gasteiger charge is 2.24. The molecule has 0 bridgehead atoms. The van der Waals surface area contributed by atoms with Crippen LogP contribution in [0.4, 0.5) is 0 Å². The van der Waals surface area contributed by atoms with Gasteiger partial charge in [-0.1, -0.05) is 24.3 Å². The van der Waals surface area contributed by atoms with Gasteiger partial charge in [0.1, 0.15) is 5.75 Å². The molecule has 0 saturated carbocycles. The number of likely N-dealkylation sites (tertiary alicyclic amines) is 1. The van der Waals surface area contributed by atoms with Gasteiger partial charge in [-0.2, -0.15) is 0 Å². The lowest BCUT2D eigenvalue weighted by Gasteiger charge is -2.32. The fraction of sp³-hybridized carbons (Fsp3) is 0.417. The van der Waals surface area contributed by atoms with E-state index in [-0.39, 0.29) is 31.1 Å². The Morgan fingerprint density at radius 1 is 0.935 bits per heavy atom. The van der Waals surface area contributed by atoms with E-state index in [0.717, 1.165) is 16.9 Å². The van der Waals surface area contributed by atoms with Crippen LogP contribution in [0.15, 0.2) is 42.5 Å². The lowest BCUT2D eigenvalue weighted by Crippen LogP contribution is -2.48. The smallest absolute Gasteiger partial charge is 0.260 e. The fourth-order valence-electron chi connectivity index (χ4n) is 3.54. The van der Waals surface area contributed by atoms with Crippen molar-refractivity contribution < 1.29 is 23.8 Å². The minimum Gasteiger partial charge on any atom is -0.493 e. The van der Waals surface area contributed by atoms with E-state index in [0.29, 0.717) is 37.4 Å². The maximum atomic E-state index is 12.5. The van der Waals surface area contributed by atoms with Gasteiger partial charge in [0.05, 0.1) is 7.11 Å². The van der Waals surface area contributed by atoms with Gasteiger partial charge in [0.15, 0.2) is 24.7 Å². The zero-order valence-electron chi connectivity index (χ0n) is 18.3. The molecule has 2 amide bonds. The fourth-order valence-corrected chi connectivity index (χ4v) is 3.54. The summed E-state index contributed by atoms with van der Waals surface area (Å²) in [4.78, 5) is 26.5. The number of rotatable bonds is 8. The molecule has 0 aromatic heterocycles. The van der Waals surface area contributed by atoms with E-state index >= 15 is 0 Å². The van der Waals surface area contributed by atoms with E-state index in [2.05, 4.69) is 5.32 Å². The van der Waals surface area contributed by atoms with E-state index in [4.69, 9.17) is 14.2 Å². The maximum Gasteiger partial charge on any atom is 0.260 e. The number of hydrogen-bond donors (Lipinski definition) is 1. The number of piperidine rings is 1. The molecule has 0 atom stereocenters. The molecule has 0 aliphatic carbocycles. The van der Waals surface area contributed by atoms with Crippen molar-refractivity contribution in [2.75, 3.05) is 33.4 Å². The SMILES string of the molecule is COc1ccccc1OCC(=O)NC1CCN(C(=O)COc2cccc(C)c2C)CC1. The van der Waals surface area contributed by atoms with Gasteiger partial charge in [-0.3, -0.25) is 9.59 Å². The molecule has 1 N–H and O–H groups in total. The Hall–Kier alpha value is -3.22. The number of ether oxygens (including phenoxy) is 3. The second-order valence-electron chi connectivity index (χ2n) is 7.65. The molecule has 3 rings (SSSR count). The second kappa shape index (κ2) is 10.7. The summed E-state index contributed by atoms with van der Waals surface area (Å²) in [5.74, 6) is 1.64. The second-order valence-corrected chi connectivity index (χ2v) is 7.65. The molecular weight excluding hydrogens is 396 g/mol. The monoisotopic (exact) mass is 426 g/mol. The summed E-state index contributed by atoms with van der Waals surface area (Å²) >= 11 is 0. The predicted molar refractivity (Wildman–Crippen MR) is 118 cm³/mol. The Morgan fingerprint density at radius 2 is 1.58 bits per heavy atom. The Morgan fingerprint density at radius 3 is 2.29 bits per heavy atom. The van der Waals surface area contributed by atoms with E-state index < -0.39 is 0 Å². The molecular formula is C24H30N2O5. The Balaban J connectivity index is 1.39. The van der Waals surface area contributed by atoms with Crippen LogP contribution in [0, 0.1) is 13.8 Å². The van der Waals surface area contributed by atoms with Crippen molar-refractivity contribution in [2.45, 2.75) is 32.7 Å². The summed E-state index contributed by atoms with van der Waals surface area (Å²) in [6.45, 7) is 5.13. The van der Waals surface area contributed by atoms with Gasteiger partial charge in [-0.05, 0) is 56.0 Å². The van der Waals surface area contributed by atoms with Crippen molar-refractivity contribution in [3.63, 3.8) is 0 Å². The maximum absolute atomic E-state index is 12.5. The molecule has 1 saturated heterocycles. The van der Waals surface area contributed by atoms with Crippen molar-refractivity contribution in [3.8, 4) is 17.2 Å². The summed E-state index contributed by atoms with van der Waals surface area (Å²) in [6.07, 6.45) is 1.41. The molecule has 7 nitrogen and oxygen atoms in total. The van der Waals surface area contributed by atoms with Crippen LogP contribution >= 0.6 is 0 Å². The first kappa shape index (κ1) is 22.5. The van der Waals surface area contributed by atoms with Crippen LogP contribution in [0.3, 0.4) is 0 Å². The van der Waals surface area contributed by atoms with E-state index in [9.17, 15) is 9.59 Å². The average molecular weight is 427 g/mol. The third kappa shape index (κ3) is 6.13. The molecule has 1 heterocycles. The highest BCUT2D eigenvalue weighted by atomic mass is 16.5. The molecule has 0 unspecified atom stereocenters. The average Bonchev–Trinajstić information content (AvgIpc) is 2.79. The topological polar surface area (TPSA) is 77.1 Å². The number of amides is 2. The van der Waals surface area contributed by atoms with Crippen LogP contribution in [-0.4, -0.2) is 56.2 Å². The highest BCUT2D eigenvalue weighted by Crippen LogP contribution is 2.25. The molecule has 1 fully saturated rings. The summed E-state index contributed by atoms with van der Waals surface area (Å²) < 4.78 is 16.5. The van der Waals surface area contributed by atoms with Crippen LogP contribution < -0.4 is 19.5 Å². The van der Waals surface area contributed by atoms with Crippen molar-refractivity contribution in [1.29, 1.82) is 0 Å². The van der Waals surface area contributed by atoms with Crippen molar-refractivity contribution in [3.05, 3.63) is 53.6 Å². The van der Waals surface area contributed by atoms with E-state index in [1.54, 1.807) is 24.1 Å². The quantitative estimate of drug-likeness (QED) is 0.702. The Bertz CT molecular complexity index is 907. The summed E-state index contributed by atoms with van der Waals surface area (Å²) in [5, 5.41) is 2.98. The van der Waals surface area contributed by atoms with Gasteiger partial charge >= 0.3 is 0 Å². The Kier molecular flexibility index (Phi) is 7.76. The minimum atomic E-state index is -0.186.